The number of quaternary nitrogens is 1. The molecule has 0 saturated carbocycles. The number of rotatable bonds is 6. The lowest BCUT2D eigenvalue weighted by atomic mass is 10.2. The number of nitrogens with two attached hydrogens (primary N) is 3. The van der Waals surface area contributed by atoms with Crippen molar-refractivity contribution in [3.8, 4) is 0 Å². The second kappa shape index (κ2) is 10.4. The molecule has 2 amide bonds. The largest absolute Gasteiger partial charge is 0.443 e. The minimum atomic E-state index is -0.785. The molecular formula is C22H29N8O5+. The molecule has 1 unspecified atom stereocenters. The number of carbonyl (C=O) groups excluding carboxylic acids is 2. The van der Waals surface area contributed by atoms with Gasteiger partial charge in [0.25, 0.3) is 5.91 Å². The van der Waals surface area contributed by atoms with Crippen LogP contribution in [0.1, 0.15) is 20.8 Å². The van der Waals surface area contributed by atoms with Gasteiger partial charge in [-0.25, -0.2) is 25.0 Å². The van der Waals surface area contributed by atoms with E-state index in [1.165, 1.54) is 36.8 Å². The molecule has 1 aromatic rings. The molecular weight excluding hydrogens is 456 g/mol. The smallest absolute Gasteiger partial charge is 0.418 e. The van der Waals surface area contributed by atoms with Crippen LogP contribution in [-0.4, -0.2) is 59.5 Å². The second-order valence-electron chi connectivity index (χ2n) is 8.41. The van der Waals surface area contributed by atoms with Crippen LogP contribution in [0.3, 0.4) is 0 Å². The van der Waals surface area contributed by atoms with Crippen LogP contribution in [-0.2, 0) is 14.3 Å². The first-order valence-corrected chi connectivity index (χ1v) is 10.6. The third kappa shape index (κ3) is 6.02. The van der Waals surface area contributed by atoms with Gasteiger partial charge in [-0.1, -0.05) is 0 Å². The molecule has 1 atom stereocenters. The fourth-order valence-corrected chi connectivity index (χ4v) is 3.12. The van der Waals surface area contributed by atoms with Crippen molar-refractivity contribution < 1.29 is 28.8 Å². The summed E-state index contributed by atoms with van der Waals surface area (Å²) in [7, 11) is 3.04. The molecule has 0 saturated heterocycles. The van der Waals surface area contributed by atoms with E-state index in [1.54, 1.807) is 50.1 Å². The molecule has 2 aliphatic rings. The number of hydrogen-bond acceptors (Lipinski definition) is 9. The standard InChI is InChI=1S/C22H28N8O5/c1-22(2,3)35-21(32)29(4)16-11-15(27-18(28-16)13(12-23)17(24)31)26-14-7-6-9-30(19(14)33-5)20-25-8-10-34-20/h6-12,19H,23H2,1-5H3,(H2,24,31)(H,26,27,28)/p+1. The number of amidine groups is 2. The summed E-state index contributed by atoms with van der Waals surface area (Å²) >= 11 is 0. The second-order valence-corrected chi connectivity index (χ2v) is 8.41. The molecule has 0 bridgehead atoms. The van der Waals surface area contributed by atoms with E-state index in [2.05, 4.69) is 15.0 Å². The monoisotopic (exact) mass is 485 g/mol. The summed E-state index contributed by atoms with van der Waals surface area (Å²) in [5.41, 5.74) is 10.8. The van der Waals surface area contributed by atoms with Gasteiger partial charge in [-0.3, -0.25) is 9.69 Å². The predicted octanol–water partition coefficient (Wildman–Crippen LogP) is 0.275. The number of oxazole rings is 1. The van der Waals surface area contributed by atoms with E-state index < -0.39 is 23.8 Å². The van der Waals surface area contributed by atoms with E-state index in [-0.39, 0.29) is 17.2 Å². The van der Waals surface area contributed by atoms with Crippen LogP contribution in [0.4, 0.5) is 10.8 Å². The Morgan fingerprint density at radius 3 is 2.69 bits per heavy atom. The molecule has 13 nitrogen and oxygen atoms in total. The zero-order valence-corrected chi connectivity index (χ0v) is 20.1. The summed E-state index contributed by atoms with van der Waals surface area (Å²) in [6.07, 6.45) is 9.48. The number of anilines is 1. The third-order valence-electron chi connectivity index (χ3n) is 4.69. The maximum atomic E-state index is 12.7. The number of amides is 2. The maximum absolute atomic E-state index is 12.7. The average Bonchev–Trinajstić information content (AvgIpc) is 3.32. The van der Waals surface area contributed by atoms with Crippen LogP contribution in [0, 0.1) is 0 Å². The Hall–Kier alpha value is -4.23. The van der Waals surface area contributed by atoms with Crippen molar-refractivity contribution in [1.82, 2.24) is 9.88 Å². The number of hydrogen-bond donors (Lipinski definition) is 3. The third-order valence-corrected chi connectivity index (χ3v) is 4.69. The fraction of sp³-hybridized carbons (Fsp3) is 0.318. The molecule has 186 valence electrons. The van der Waals surface area contributed by atoms with E-state index in [9.17, 15) is 9.59 Å². The minimum Gasteiger partial charge on any atom is -0.443 e. The summed E-state index contributed by atoms with van der Waals surface area (Å²) in [4.78, 5) is 40.7. The summed E-state index contributed by atoms with van der Waals surface area (Å²) < 4.78 is 16.4. The molecule has 0 aliphatic carbocycles. The zero-order valence-electron chi connectivity index (χ0n) is 20.1. The maximum Gasteiger partial charge on any atom is 0.418 e. The lowest BCUT2D eigenvalue weighted by Crippen LogP contribution is -2.90. The summed E-state index contributed by atoms with van der Waals surface area (Å²) in [5.74, 6) is -0.122. The van der Waals surface area contributed by atoms with E-state index in [1.807, 2.05) is 0 Å². The van der Waals surface area contributed by atoms with Gasteiger partial charge in [0, 0.05) is 26.6 Å². The van der Waals surface area contributed by atoms with E-state index in [0.717, 1.165) is 6.20 Å². The lowest BCUT2D eigenvalue weighted by molar-refractivity contribution is -0.500. The molecule has 0 aromatic carbocycles. The Morgan fingerprint density at radius 1 is 1.37 bits per heavy atom. The molecule has 0 radical (unpaired) electrons. The van der Waals surface area contributed by atoms with Crippen molar-refractivity contribution in [3.63, 3.8) is 0 Å². The number of ether oxygens (including phenoxy) is 2. The van der Waals surface area contributed by atoms with Crippen LogP contribution < -0.4 is 21.7 Å². The number of aromatic nitrogens is 1. The van der Waals surface area contributed by atoms with Gasteiger partial charge < -0.3 is 25.4 Å². The summed E-state index contributed by atoms with van der Waals surface area (Å²) in [6, 6.07) is 0.308. The molecule has 3 heterocycles. The first-order valence-electron chi connectivity index (χ1n) is 10.6. The highest BCUT2D eigenvalue weighted by atomic mass is 16.6. The zero-order chi connectivity index (χ0) is 25.8. The Kier molecular flexibility index (Phi) is 7.52. The molecule has 0 spiro atoms. The van der Waals surface area contributed by atoms with E-state index in [4.69, 9.17) is 25.4 Å². The van der Waals surface area contributed by atoms with Gasteiger partial charge in [0.2, 0.25) is 11.7 Å². The highest BCUT2D eigenvalue weighted by Crippen LogP contribution is 2.25. The quantitative estimate of drug-likeness (QED) is 0.481. The lowest BCUT2D eigenvalue weighted by Gasteiger charge is -2.29. The van der Waals surface area contributed by atoms with Crippen LogP contribution in [0.5, 0.6) is 0 Å². The van der Waals surface area contributed by atoms with Gasteiger partial charge in [0.1, 0.15) is 17.4 Å². The number of primary amides is 1. The Bertz CT molecular complexity index is 1150. The van der Waals surface area contributed by atoms with Crippen molar-refractivity contribution in [1.29, 1.82) is 0 Å². The van der Waals surface area contributed by atoms with Crippen LogP contribution >= 0.6 is 0 Å². The highest BCUT2D eigenvalue weighted by Gasteiger charge is 2.32. The number of aliphatic imine (C=N–C) groups is 2. The Balaban J connectivity index is 2.02. The number of allylic oxidation sites excluding steroid dienone is 2. The van der Waals surface area contributed by atoms with Crippen molar-refractivity contribution in [2.45, 2.75) is 32.6 Å². The van der Waals surface area contributed by atoms with Crippen LogP contribution in [0.15, 0.2) is 74.6 Å². The Morgan fingerprint density at radius 2 is 2.11 bits per heavy atom. The molecule has 3 rings (SSSR count). The van der Waals surface area contributed by atoms with Gasteiger partial charge >= 0.3 is 12.1 Å². The van der Waals surface area contributed by atoms with Crippen molar-refractivity contribution in [2.75, 3.05) is 19.1 Å². The molecule has 0 fully saturated rings. The minimum absolute atomic E-state index is 0.0388. The van der Waals surface area contributed by atoms with Gasteiger partial charge in [-0.2, -0.15) is 4.99 Å². The van der Waals surface area contributed by atoms with Crippen molar-refractivity contribution >= 4 is 29.7 Å². The van der Waals surface area contributed by atoms with Gasteiger partial charge in [-0.05, 0) is 32.9 Å². The Labute approximate surface area is 202 Å². The number of carbonyl (C=O) groups is 2. The SMILES string of the molecule is COC1C(N=C2C=C(N(C)C(=O)OC(C)(C)C)[NH2+]C(C(=CN)C(N)=O)=N2)=CC=CN1c1ncco1. The molecule has 2 aliphatic heterocycles. The first kappa shape index (κ1) is 25.4. The molecule has 6 N–H and O–H groups in total. The summed E-state index contributed by atoms with van der Waals surface area (Å²) in [6.45, 7) is 5.27. The average molecular weight is 486 g/mol. The topological polar surface area (TPSA) is 178 Å². The predicted molar refractivity (Wildman–Crippen MR) is 127 cm³/mol. The molecule has 35 heavy (non-hydrogen) atoms. The first-order chi connectivity index (χ1) is 16.5. The van der Waals surface area contributed by atoms with E-state index >= 15 is 0 Å². The highest BCUT2D eigenvalue weighted by molar-refractivity contribution is 6.20. The van der Waals surface area contributed by atoms with Crippen LogP contribution in [0.2, 0.25) is 0 Å². The van der Waals surface area contributed by atoms with Gasteiger partial charge in [0.15, 0.2) is 12.1 Å². The van der Waals surface area contributed by atoms with Crippen molar-refractivity contribution in [3.05, 3.63) is 60.2 Å². The van der Waals surface area contributed by atoms with E-state index in [0.29, 0.717) is 17.5 Å². The molecule has 13 heteroatoms. The fourth-order valence-electron chi connectivity index (χ4n) is 3.12. The number of methoxy groups -OCH3 is 1. The number of nitrogens with zero attached hydrogens (tertiary/aromatic N) is 5. The van der Waals surface area contributed by atoms with Gasteiger partial charge in [-0.15, -0.1) is 0 Å². The molecule has 1 aromatic heterocycles. The van der Waals surface area contributed by atoms with Gasteiger partial charge in [0.05, 0.1) is 18.0 Å². The van der Waals surface area contributed by atoms with Crippen molar-refractivity contribution in [2.24, 2.45) is 21.5 Å². The van der Waals surface area contributed by atoms with Crippen LogP contribution in [0.25, 0.3) is 0 Å². The summed E-state index contributed by atoms with van der Waals surface area (Å²) in [5, 5.41) is 1.49. The normalized spacial score (nSPS) is 19.7.